The van der Waals surface area contributed by atoms with Gasteiger partial charge in [0.2, 0.25) is 0 Å². The third-order valence-corrected chi connectivity index (χ3v) is 5.16. The summed E-state index contributed by atoms with van der Waals surface area (Å²) in [4.78, 5) is 4.68. The first-order valence-corrected chi connectivity index (χ1v) is 8.91. The predicted molar refractivity (Wildman–Crippen MR) is 114 cm³/mol. The standard InChI is InChI=1S/C23H21FN2O.ClH/c1-15-16(2)26(14-17-4-8-19(24)9-5-17)23-21(15)12-13-25-22(23)18-6-10-20(27-3)11-7-18;/h4-13H,14H2,1-3H3;1H. The number of hydrogen-bond acceptors (Lipinski definition) is 2. The second kappa shape index (κ2) is 8.03. The van der Waals surface area contributed by atoms with Gasteiger partial charge in [0, 0.05) is 29.4 Å². The van der Waals surface area contributed by atoms with Crippen molar-refractivity contribution in [3.05, 3.63) is 83.4 Å². The number of methoxy groups -OCH3 is 1. The van der Waals surface area contributed by atoms with Crippen molar-refractivity contribution in [3.8, 4) is 17.0 Å². The van der Waals surface area contributed by atoms with Gasteiger partial charge < -0.3 is 9.30 Å². The molecule has 0 unspecified atom stereocenters. The topological polar surface area (TPSA) is 27.1 Å². The van der Waals surface area contributed by atoms with Crippen LogP contribution in [0.5, 0.6) is 5.75 Å². The van der Waals surface area contributed by atoms with Crippen LogP contribution in [0.25, 0.3) is 22.2 Å². The van der Waals surface area contributed by atoms with Gasteiger partial charge >= 0.3 is 0 Å². The number of aromatic nitrogens is 2. The summed E-state index contributed by atoms with van der Waals surface area (Å²) in [5.74, 6) is 0.601. The van der Waals surface area contributed by atoms with Gasteiger partial charge in [0.05, 0.1) is 18.3 Å². The van der Waals surface area contributed by atoms with Crippen LogP contribution in [-0.2, 0) is 6.54 Å². The second-order valence-corrected chi connectivity index (χ2v) is 6.71. The van der Waals surface area contributed by atoms with E-state index in [0.717, 1.165) is 28.1 Å². The van der Waals surface area contributed by atoms with E-state index < -0.39 is 0 Å². The van der Waals surface area contributed by atoms with Crippen LogP contribution in [0.1, 0.15) is 16.8 Å². The molecule has 4 rings (SSSR count). The SMILES string of the molecule is COc1ccc(-c2nccc3c(C)c(C)n(Cc4ccc(F)cc4)c23)cc1.Cl. The molecule has 4 aromatic rings. The summed E-state index contributed by atoms with van der Waals surface area (Å²) in [6, 6.07) is 16.7. The Morgan fingerprint density at radius 1 is 0.964 bits per heavy atom. The molecule has 0 saturated carbocycles. The van der Waals surface area contributed by atoms with E-state index in [4.69, 9.17) is 4.74 Å². The zero-order chi connectivity index (χ0) is 19.0. The molecule has 0 radical (unpaired) electrons. The molecule has 2 heterocycles. The van der Waals surface area contributed by atoms with Crippen molar-refractivity contribution in [2.24, 2.45) is 0 Å². The maximum atomic E-state index is 13.3. The van der Waals surface area contributed by atoms with Crippen LogP contribution < -0.4 is 4.74 Å². The summed E-state index contributed by atoms with van der Waals surface area (Å²) < 4.78 is 20.8. The van der Waals surface area contributed by atoms with Crippen molar-refractivity contribution in [3.63, 3.8) is 0 Å². The Kier molecular flexibility index (Phi) is 5.71. The Morgan fingerprint density at radius 3 is 2.29 bits per heavy atom. The van der Waals surface area contributed by atoms with Gasteiger partial charge in [-0.25, -0.2) is 4.39 Å². The summed E-state index contributed by atoms with van der Waals surface area (Å²) >= 11 is 0. The smallest absolute Gasteiger partial charge is 0.123 e. The van der Waals surface area contributed by atoms with Gasteiger partial charge in [-0.1, -0.05) is 12.1 Å². The highest BCUT2D eigenvalue weighted by Crippen LogP contribution is 2.33. The first kappa shape index (κ1) is 19.9. The highest BCUT2D eigenvalue weighted by atomic mass is 35.5. The third kappa shape index (κ3) is 3.48. The molecule has 0 fully saturated rings. The van der Waals surface area contributed by atoms with E-state index in [9.17, 15) is 4.39 Å². The number of ether oxygens (including phenoxy) is 1. The zero-order valence-electron chi connectivity index (χ0n) is 16.1. The molecular formula is C23H22ClFN2O. The number of pyridine rings is 1. The quantitative estimate of drug-likeness (QED) is 0.427. The van der Waals surface area contributed by atoms with E-state index in [1.54, 1.807) is 7.11 Å². The number of halogens is 2. The Balaban J connectivity index is 0.00000225. The number of hydrogen-bond donors (Lipinski definition) is 0. The summed E-state index contributed by atoms with van der Waals surface area (Å²) in [5.41, 5.74) is 6.57. The second-order valence-electron chi connectivity index (χ2n) is 6.71. The normalized spacial score (nSPS) is 10.7. The molecule has 28 heavy (non-hydrogen) atoms. The van der Waals surface area contributed by atoms with Crippen LogP contribution in [0.3, 0.4) is 0 Å². The predicted octanol–water partition coefficient (Wildman–Crippen LogP) is 5.94. The molecule has 5 heteroatoms. The van der Waals surface area contributed by atoms with E-state index in [2.05, 4.69) is 29.5 Å². The van der Waals surface area contributed by atoms with Crippen LogP contribution in [0, 0.1) is 19.7 Å². The van der Waals surface area contributed by atoms with Gasteiger partial charge in [-0.15, -0.1) is 12.4 Å². The van der Waals surface area contributed by atoms with Crippen molar-refractivity contribution in [2.75, 3.05) is 7.11 Å². The van der Waals surface area contributed by atoms with E-state index in [1.807, 2.05) is 42.6 Å². The van der Waals surface area contributed by atoms with Gasteiger partial charge in [0.1, 0.15) is 11.6 Å². The van der Waals surface area contributed by atoms with E-state index in [1.165, 1.54) is 28.8 Å². The number of rotatable bonds is 4. The largest absolute Gasteiger partial charge is 0.497 e. The fraction of sp³-hybridized carbons (Fsp3) is 0.174. The van der Waals surface area contributed by atoms with Gasteiger partial charge in [-0.05, 0) is 67.4 Å². The number of fused-ring (bicyclic) bond motifs is 1. The Hall–Kier alpha value is -2.85. The molecule has 2 aromatic heterocycles. The summed E-state index contributed by atoms with van der Waals surface area (Å²) in [6.07, 6.45) is 1.86. The van der Waals surface area contributed by atoms with Gasteiger partial charge in [-0.3, -0.25) is 4.98 Å². The molecule has 2 aromatic carbocycles. The van der Waals surface area contributed by atoms with Crippen LogP contribution in [0.2, 0.25) is 0 Å². The molecule has 0 aliphatic carbocycles. The van der Waals surface area contributed by atoms with E-state index in [0.29, 0.717) is 6.54 Å². The molecule has 144 valence electrons. The minimum absolute atomic E-state index is 0. The zero-order valence-corrected chi connectivity index (χ0v) is 16.9. The Morgan fingerprint density at radius 2 is 1.64 bits per heavy atom. The lowest BCUT2D eigenvalue weighted by Gasteiger charge is -2.12. The first-order chi connectivity index (χ1) is 13.1. The molecule has 0 aliphatic rings. The molecule has 0 spiro atoms. The fourth-order valence-electron chi connectivity index (χ4n) is 3.53. The van der Waals surface area contributed by atoms with Crippen LogP contribution in [0.15, 0.2) is 60.8 Å². The molecule has 3 nitrogen and oxygen atoms in total. The molecule has 0 bridgehead atoms. The minimum Gasteiger partial charge on any atom is -0.497 e. The number of benzene rings is 2. The third-order valence-electron chi connectivity index (χ3n) is 5.16. The maximum Gasteiger partial charge on any atom is 0.123 e. The molecule has 0 amide bonds. The van der Waals surface area contributed by atoms with Gasteiger partial charge in [-0.2, -0.15) is 0 Å². The molecular weight excluding hydrogens is 375 g/mol. The summed E-state index contributed by atoms with van der Waals surface area (Å²) in [6.45, 7) is 4.93. The highest BCUT2D eigenvalue weighted by molar-refractivity contribution is 5.95. The maximum absolute atomic E-state index is 13.3. The fourth-order valence-corrected chi connectivity index (χ4v) is 3.53. The van der Waals surface area contributed by atoms with E-state index >= 15 is 0 Å². The van der Waals surface area contributed by atoms with Crippen LogP contribution in [0.4, 0.5) is 4.39 Å². The first-order valence-electron chi connectivity index (χ1n) is 8.91. The van der Waals surface area contributed by atoms with Crippen LogP contribution in [-0.4, -0.2) is 16.7 Å². The lowest BCUT2D eigenvalue weighted by molar-refractivity contribution is 0.415. The van der Waals surface area contributed by atoms with Crippen molar-refractivity contribution < 1.29 is 9.13 Å². The molecule has 0 aliphatic heterocycles. The number of aryl methyl sites for hydroxylation is 1. The molecule has 0 atom stereocenters. The van der Waals surface area contributed by atoms with Gasteiger partial charge in [0.25, 0.3) is 0 Å². The summed E-state index contributed by atoms with van der Waals surface area (Å²) in [5, 5.41) is 1.19. The molecule has 0 N–H and O–H groups in total. The summed E-state index contributed by atoms with van der Waals surface area (Å²) in [7, 11) is 1.66. The average Bonchev–Trinajstić information content (AvgIpc) is 2.95. The Labute approximate surface area is 170 Å². The van der Waals surface area contributed by atoms with Gasteiger partial charge in [0.15, 0.2) is 0 Å². The average molecular weight is 397 g/mol. The van der Waals surface area contributed by atoms with Crippen molar-refractivity contribution in [1.29, 1.82) is 0 Å². The number of nitrogens with zero attached hydrogens (tertiary/aromatic N) is 2. The van der Waals surface area contributed by atoms with Crippen molar-refractivity contribution >= 4 is 23.3 Å². The lowest BCUT2D eigenvalue weighted by atomic mass is 10.1. The van der Waals surface area contributed by atoms with E-state index in [-0.39, 0.29) is 18.2 Å². The lowest BCUT2D eigenvalue weighted by Crippen LogP contribution is -2.03. The highest BCUT2D eigenvalue weighted by Gasteiger charge is 2.16. The molecule has 0 saturated heterocycles. The van der Waals surface area contributed by atoms with Crippen molar-refractivity contribution in [2.45, 2.75) is 20.4 Å². The van der Waals surface area contributed by atoms with Crippen LogP contribution >= 0.6 is 12.4 Å². The Bertz CT molecular complexity index is 1100. The monoisotopic (exact) mass is 396 g/mol. The minimum atomic E-state index is -0.218. The van der Waals surface area contributed by atoms with Crippen molar-refractivity contribution in [1.82, 2.24) is 9.55 Å².